The van der Waals surface area contributed by atoms with Gasteiger partial charge in [0.05, 0.1) is 7.11 Å². The number of rotatable bonds is 4. The van der Waals surface area contributed by atoms with Crippen molar-refractivity contribution in [3.05, 3.63) is 29.8 Å². The lowest BCUT2D eigenvalue weighted by Crippen LogP contribution is -2.39. The third kappa shape index (κ3) is 4.51. The highest BCUT2D eigenvalue weighted by Gasteiger charge is 2.13. The largest absolute Gasteiger partial charge is 0.496 e. The van der Waals surface area contributed by atoms with Crippen LogP contribution < -0.4 is 10.1 Å². The Hall–Kier alpha value is -1.06. The first-order valence-electron chi connectivity index (χ1n) is 7.34. The molecule has 0 radical (unpaired) electrons. The molecule has 1 atom stereocenters. The van der Waals surface area contributed by atoms with Gasteiger partial charge < -0.3 is 15.0 Å². The number of ether oxygens (including phenoxy) is 1. The standard InChI is InChI=1S/C16H26N2O/c1-14-12-17-9-5-10-18(13-14)11-8-15-6-3-4-7-16(15)19-2/h3-4,6-7,14,17H,5,8-13H2,1-2H3. The lowest BCUT2D eigenvalue weighted by Gasteiger charge is -2.28. The summed E-state index contributed by atoms with van der Waals surface area (Å²) in [5.74, 6) is 1.75. The Labute approximate surface area is 116 Å². The molecule has 1 aromatic rings. The molecule has 3 heteroatoms. The second-order valence-electron chi connectivity index (χ2n) is 5.53. The molecule has 0 bridgehead atoms. The molecule has 1 aromatic carbocycles. The minimum absolute atomic E-state index is 0.734. The summed E-state index contributed by atoms with van der Waals surface area (Å²) >= 11 is 0. The maximum absolute atomic E-state index is 5.42. The predicted octanol–water partition coefficient (Wildman–Crippen LogP) is 2.17. The first kappa shape index (κ1) is 14.4. The molecule has 0 amide bonds. The number of hydrogen-bond acceptors (Lipinski definition) is 3. The van der Waals surface area contributed by atoms with Crippen LogP contribution in [0.3, 0.4) is 0 Å². The van der Waals surface area contributed by atoms with Crippen LogP contribution in [0.5, 0.6) is 5.75 Å². The average Bonchev–Trinajstić information content (AvgIpc) is 2.41. The van der Waals surface area contributed by atoms with E-state index >= 15 is 0 Å². The number of hydrogen-bond donors (Lipinski definition) is 1. The molecule has 1 aliphatic heterocycles. The summed E-state index contributed by atoms with van der Waals surface area (Å²) in [5, 5.41) is 3.50. The van der Waals surface area contributed by atoms with Gasteiger partial charge in [-0.1, -0.05) is 25.1 Å². The lowest BCUT2D eigenvalue weighted by molar-refractivity contribution is 0.218. The summed E-state index contributed by atoms with van der Waals surface area (Å²) in [4.78, 5) is 2.60. The average molecular weight is 262 g/mol. The molecule has 3 nitrogen and oxygen atoms in total. The van der Waals surface area contributed by atoms with Crippen molar-refractivity contribution in [1.82, 2.24) is 10.2 Å². The van der Waals surface area contributed by atoms with E-state index in [1.54, 1.807) is 7.11 Å². The summed E-state index contributed by atoms with van der Waals surface area (Å²) in [5.41, 5.74) is 1.32. The van der Waals surface area contributed by atoms with Crippen molar-refractivity contribution in [2.75, 3.05) is 39.8 Å². The Balaban J connectivity index is 1.89. The zero-order chi connectivity index (χ0) is 13.5. The van der Waals surface area contributed by atoms with E-state index in [1.807, 2.05) is 6.07 Å². The van der Waals surface area contributed by atoms with Crippen LogP contribution in [0.4, 0.5) is 0 Å². The molecule has 19 heavy (non-hydrogen) atoms. The Kier molecular flexibility index (Phi) is 5.67. The molecular weight excluding hydrogens is 236 g/mol. The van der Waals surface area contributed by atoms with Crippen LogP contribution in [0.1, 0.15) is 18.9 Å². The summed E-state index contributed by atoms with van der Waals surface area (Å²) in [6.45, 7) is 8.15. The van der Waals surface area contributed by atoms with E-state index in [1.165, 1.54) is 25.1 Å². The first-order valence-corrected chi connectivity index (χ1v) is 7.34. The minimum Gasteiger partial charge on any atom is -0.496 e. The highest BCUT2D eigenvalue weighted by Crippen LogP contribution is 2.18. The van der Waals surface area contributed by atoms with Gasteiger partial charge in [0.25, 0.3) is 0 Å². The zero-order valence-corrected chi connectivity index (χ0v) is 12.2. The van der Waals surface area contributed by atoms with Gasteiger partial charge in [-0.05, 0) is 50.0 Å². The van der Waals surface area contributed by atoms with Gasteiger partial charge in [-0.2, -0.15) is 0 Å². The van der Waals surface area contributed by atoms with Crippen LogP contribution in [0, 0.1) is 5.92 Å². The zero-order valence-electron chi connectivity index (χ0n) is 12.2. The van der Waals surface area contributed by atoms with E-state index in [4.69, 9.17) is 4.74 Å². The SMILES string of the molecule is COc1ccccc1CCN1CCCNCC(C)C1. The lowest BCUT2D eigenvalue weighted by atomic mass is 10.1. The minimum atomic E-state index is 0.734. The number of nitrogens with zero attached hydrogens (tertiary/aromatic N) is 1. The summed E-state index contributed by atoms with van der Waals surface area (Å²) in [7, 11) is 1.75. The molecular formula is C16H26N2O. The molecule has 1 fully saturated rings. The molecule has 0 saturated carbocycles. The fourth-order valence-corrected chi connectivity index (χ4v) is 2.76. The third-order valence-corrected chi connectivity index (χ3v) is 3.78. The molecule has 106 valence electrons. The van der Waals surface area contributed by atoms with Gasteiger partial charge in [-0.15, -0.1) is 0 Å². The monoisotopic (exact) mass is 262 g/mol. The van der Waals surface area contributed by atoms with Gasteiger partial charge in [0, 0.05) is 13.1 Å². The van der Waals surface area contributed by atoms with E-state index in [-0.39, 0.29) is 0 Å². The van der Waals surface area contributed by atoms with E-state index in [0.29, 0.717) is 0 Å². The number of para-hydroxylation sites is 1. The molecule has 2 rings (SSSR count). The Morgan fingerprint density at radius 3 is 3.05 bits per heavy atom. The van der Waals surface area contributed by atoms with Crippen molar-refractivity contribution in [3.8, 4) is 5.75 Å². The van der Waals surface area contributed by atoms with E-state index < -0.39 is 0 Å². The molecule has 1 N–H and O–H groups in total. The van der Waals surface area contributed by atoms with Crippen LogP contribution in [0.25, 0.3) is 0 Å². The van der Waals surface area contributed by atoms with Crippen molar-refractivity contribution in [2.45, 2.75) is 19.8 Å². The number of benzene rings is 1. The maximum Gasteiger partial charge on any atom is 0.122 e. The van der Waals surface area contributed by atoms with Crippen LogP contribution >= 0.6 is 0 Å². The van der Waals surface area contributed by atoms with Gasteiger partial charge in [0.15, 0.2) is 0 Å². The van der Waals surface area contributed by atoms with Crippen molar-refractivity contribution in [2.24, 2.45) is 5.92 Å². The van der Waals surface area contributed by atoms with Crippen LogP contribution in [-0.2, 0) is 6.42 Å². The quantitative estimate of drug-likeness (QED) is 0.900. The highest BCUT2D eigenvalue weighted by molar-refractivity contribution is 5.33. The summed E-state index contributed by atoms with van der Waals surface area (Å²) in [6, 6.07) is 8.35. The third-order valence-electron chi connectivity index (χ3n) is 3.78. The second kappa shape index (κ2) is 7.51. The van der Waals surface area contributed by atoms with Crippen LogP contribution in [0.2, 0.25) is 0 Å². The topological polar surface area (TPSA) is 24.5 Å². The van der Waals surface area contributed by atoms with E-state index in [2.05, 4.69) is 35.3 Å². The number of nitrogens with one attached hydrogen (secondary N) is 1. The maximum atomic E-state index is 5.42. The van der Waals surface area contributed by atoms with E-state index in [0.717, 1.165) is 37.7 Å². The first-order chi connectivity index (χ1) is 9.29. The van der Waals surface area contributed by atoms with Gasteiger partial charge >= 0.3 is 0 Å². The van der Waals surface area contributed by atoms with Crippen molar-refractivity contribution in [1.29, 1.82) is 0 Å². The fourth-order valence-electron chi connectivity index (χ4n) is 2.76. The Morgan fingerprint density at radius 2 is 2.21 bits per heavy atom. The Morgan fingerprint density at radius 1 is 1.37 bits per heavy atom. The van der Waals surface area contributed by atoms with Crippen LogP contribution in [-0.4, -0.2) is 44.7 Å². The van der Waals surface area contributed by atoms with Crippen LogP contribution in [0.15, 0.2) is 24.3 Å². The van der Waals surface area contributed by atoms with Crippen molar-refractivity contribution in [3.63, 3.8) is 0 Å². The molecule has 0 spiro atoms. The molecule has 0 aliphatic carbocycles. The molecule has 1 saturated heterocycles. The second-order valence-corrected chi connectivity index (χ2v) is 5.53. The van der Waals surface area contributed by atoms with Gasteiger partial charge in [0.1, 0.15) is 5.75 Å². The molecule has 1 heterocycles. The molecule has 1 unspecified atom stereocenters. The van der Waals surface area contributed by atoms with Gasteiger partial charge in [0.2, 0.25) is 0 Å². The van der Waals surface area contributed by atoms with E-state index in [9.17, 15) is 0 Å². The van der Waals surface area contributed by atoms with Crippen molar-refractivity contribution < 1.29 is 4.74 Å². The van der Waals surface area contributed by atoms with Gasteiger partial charge in [-0.25, -0.2) is 0 Å². The smallest absolute Gasteiger partial charge is 0.122 e. The number of methoxy groups -OCH3 is 1. The summed E-state index contributed by atoms with van der Waals surface area (Å²) < 4.78 is 5.42. The Bertz CT molecular complexity index is 381. The highest BCUT2D eigenvalue weighted by atomic mass is 16.5. The normalized spacial score (nSPS) is 21.7. The van der Waals surface area contributed by atoms with Crippen molar-refractivity contribution >= 4 is 0 Å². The summed E-state index contributed by atoms with van der Waals surface area (Å²) in [6.07, 6.45) is 2.32. The molecule has 0 aromatic heterocycles. The molecule has 1 aliphatic rings. The van der Waals surface area contributed by atoms with Gasteiger partial charge in [-0.3, -0.25) is 0 Å². The predicted molar refractivity (Wildman–Crippen MR) is 79.8 cm³/mol. The fraction of sp³-hybridized carbons (Fsp3) is 0.625.